The second-order valence-corrected chi connectivity index (χ2v) is 7.62. The number of aromatic amines is 1. The van der Waals surface area contributed by atoms with E-state index in [1.165, 1.54) is 23.0 Å². The average molecular weight is 406 g/mol. The lowest BCUT2D eigenvalue weighted by molar-refractivity contribution is 0.0938. The molecule has 1 aromatic heterocycles. The van der Waals surface area contributed by atoms with E-state index in [1.54, 1.807) is 18.2 Å². The minimum absolute atomic E-state index is 0.128. The van der Waals surface area contributed by atoms with Crippen LogP contribution in [0.2, 0.25) is 0 Å². The highest BCUT2D eigenvalue weighted by Crippen LogP contribution is 2.24. The summed E-state index contributed by atoms with van der Waals surface area (Å²) in [4.78, 5) is 41.8. The van der Waals surface area contributed by atoms with Gasteiger partial charge in [0.1, 0.15) is 0 Å². The molecule has 7 heteroatoms. The van der Waals surface area contributed by atoms with Crippen molar-refractivity contribution in [1.29, 1.82) is 0 Å². The van der Waals surface area contributed by atoms with E-state index in [9.17, 15) is 14.4 Å². The molecule has 4 rings (SSSR count). The Morgan fingerprint density at radius 3 is 2.53 bits per heavy atom. The lowest BCUT2D eigenvalue weighted by atomic mass is 10.1. The number of carbonyl (C=O) groups is 1. The van der Waals surface area contributed by atoms with Crippen LogP contribution in [0.5, 0.6) is 0 Å². The predicted octanol–water partition coefficient (Wildman–Crippen LogP) is 2.28. The van der Waals surface area contributed by atoms with E-state index >= 15 is 0 Å². The smallest absolute Gasteiger partial charge is 0.316 e. The zero-order valence-electron chi connectivity index (χ0n) is 17.1. The molecule has 0 aliphatic carbocycles. The fourth-order valence-electron chi connectivity index (χ4n) is 4.21. The van der Waals surface area contributed by atoms with Crippen LogP contribution in [0.4, 0.5) is 0 Å². The summed E-state index contributed by atoms with van der Waals surface area (Å²) in [6, 6.07) is 15.4. The number of aryl methyl sites for hydroxylation is 1. The summed E-state index contributed by atoms with van der Waals surface area (Å²) < 4.78 is 1.41. The molecular formula is C23H26N4O3. The molecule has 2 aromatic carbocycles. The zero-order valence-corrected chi connectivity index (χ0v) is 17.1. The molecule has 30 heavy (non-hydrogen) atoms. The van der Waals surface area contributed by atoms with Gasteiger partial charge in [-0.05, 0) is 56.6 Å². The van der Waals surface area contributed by atoms with Crippen LogP contribution in [-0.2, 0) is 6.54 Å². The first-order chi connectivity index (χ1) is 14.6. The Hall–Kier alpha value is -3.19. The Morgan fingerprint density at radius 2 is 1.83 bits per heavy atom. The van der Waals surface area contributed by atoms with E-state index in [1.807, 2.05) is 25.1 Å². The third-order valence-electron chi connectivity index (χ3n) is 5.78. The van der Waals surface area contributed by atoms with Gasteiger partial charge >= 0.3 is 11.1 Å². The Bertz CT molecular complexity index is 1160. The molecule has 0 radical (unpaired) electrons. The number of fused-ring (bicyclic) bond motifs is 1. The summed E-state index contributed by atoms with van der Waals surface area (Å²) >= 11 is 0. The topological polar surface area (TPSA) is 87.2 Å². The largest absolute Gasteiger partial charge is 0.350 e. The van der Waals surface area contributed by atoms with Crippen molar-refractivity contribution in [1.82, 2.24) is 19.8 Å². The maximum Gasteiger partial charge on any atom is 0.316 e. The van der Waals surface area contributed by atoms with Gasteiger partial charge in [-0.2, -0.15) is 0 Å². The Labute approximate surface area is 174 Å². The van der Waals surface area contributed by atoms with E-state index in [0.717, 1.165) is 13.1 Å². The van der Waals surface area contributed by atoms with Gasteiger partial charge in [0, 0.05) is 18.7 Å². The summed E-state index contributed by atoms with van der Waals surface area (Å²) in [6.07, 6.45) is 2.35. The number of rotatable bonds is 6. The van der Waals surface area contributed by atoms with Crippen LogP contribution >= 0.6 is 0 Å². The lowest BCUT2D eigenvalue weighted by Gasteiger charge is -2.28. The molecule has 2 N–H and O–H groups in total. The van der Waals surface area contributed by atoms with Gasteiger partial charge in [-0.25, -0.2) is 0 Å². The molecule has 1 fully saturated rings. The second kappa shape index (κ2) is 8.67. The van der Waals surface area contributed by atoms with Crippen molar-refractivity contribution < 1.29 is 4.79 Å². The van der Waals surface area contributed by atoms with Crippen molar-refractivity contribution in [2.75, 3.05) is 19.6 Å². The molecule has 0 bridgehead atoms. The summed E-state index contributed by atoms with van der Waals surface area (Å²) in [7, 11) is 0. The lowest BCUT2D eigenvalue weighted by Crippen LogP contribution is -2.37. The van der Waals surface area contributed by atoms with Crippen LogP contribution in [0.1, 0.15) is 41.7 Å². The third-order valence-corrected chi connectivity index (χ3v) is 5.78. The van der Waals surface area contributed by atoms with Crippen molar-refractivity contribution in [3.8, 4) is 0 Å². The van der Waals surface area contributed by atoms with Crippen molar-refractivity contribution in [3.63, 3.8) is 0 Å². The first-order valence-corrected chi connectivity index (χ1v) is 10.4. The molecule has 2 heterocycles. The van der Waals surface area contributed by atoms with Crippen molar-refractivity contribution in [2.24, 2.45) is 0 Å². The molecule has 1 aliphatic rings. The molecule has 3 aromatic rings. The number of nitrogens with zero attached hydrogens (tertiary/aromatic N) is 2. The van der Waals surface area contributed by atoms with Gasteiger partial charge in [0.25, 0.3) is 5.91 Å². The normalized spacial score (nSPS) is 15.4. The quantitative estimate of drug-likeness (QED) is 0.615. The molecular weight excluding hydrogens is 380 g/mol. The van der Waals surface area contributed by atoms with Gasteiger partial charge in [0.15, 0.2) is 0 Å². The van der Waals surface area contributed by atoms with Crippen molar-refractivity contribution in [3.05, 3.63) is 80.4 Å². The van der Waals surface area contributed by atoms with E-state index in [2.05, 4.69) is 27.3 Å². The van der Waals surface area contributed by atoms with Crippen LogP contribution in [0.15, 0.2) is 58.1 Å². The highest BCUT2D eigenvalue weighted by Gasteiger charge is 2.24. The van der Waals surface area contributed by atoms with E-state index in [4.69, 9.17) is 0 Å². The van der Waals surface area contributed by atoms with Gasteiger partial charge in [-0.3, -0.25) is 19.3 Å². The molecule has 0 saturated carbocycles. The van der Waals surface area contributed by atoms with Gasteiger partial charge in [-0.1, -0.05) is 30.3 Å². The molecule has 0 spiro atoms. The highest BCUT2D eigenvalue weighted by atomic mass is 16.2. The van der Waals surface area contributed by atoms with E-state index in [-0.39, 0.29) is 11.9 Å². The van der Waals surface area contributed by atoms with Crippen molar-refractivity contribution >= 4 is 16.9 Å². The second-order valence-electron chi connectivity index (χ2n) is 7.62. The van der Waals surface area contributed by atoms with Gasteiger partial charge in [-0.15, -0.1) is 0 Å². The number of amides is 1. The van der Waals surface area contributed by atoms with Crippen LogP contribution in [0, 0.1) is 0 Å². The minimum atomic E-state index is -0.680. The average Bonchev–Trinajstić information content (AvgIpc) is 3.30. The number of likely N-dealkylation sites (tertiary alicyclic amines) is 1. The number of hydrogen-bond acceptors (Lipinski definition) is 4. The number of hydrogen-bond donors (Lipinski definition) is 2. The fourth-order valence-corrected chi connectivity index (χ4v) is 4.21. The SMILES string of the molecule is CCn1c(=O)c(=O)[nH]c2cc(C(=O)NCC(c3ccccc3)N3CCCC3)ccc21. The molecule has 156 valence electrons. The number of carbonyl (C=O) groups excluding carboxylic acids is 1. The van der Waals surface area contributed by atoms with E-state index < -0.39 is 11.1 Å². The summed E-state index contributed by atoms with van der Waals surface area (Å²) in [5.41, 5.74) is 1.46. The Kier molecular flexibility index (Phi) is 5.81. The van der Waals surface area contributed by atoms with Crippen LogP contribution in [0.25, 0.3) is 11.0 Å². The standard InChI is InChI=1S/C23H26N4O3/c1-2-27-19-11-10-17(14-18(19)25-22(29)23(27)30)21(28)24-15-20(26-12-6-7-13-26)16-8-4-3-5-9-16/h3-5,8-11,14,20H,2,6-7,12-13,15H2,1H3,(H,24,28)(H,25,29). The maximum atomic E-state index is 12.9. The maximum absolute atomic E-state index is 12.9. The molecule has 1 atom stereocenters. The summed E-state index contributed by atoms with van der Waals surface area (Å²) in [6.45, 7) is 4.76. The van der Waals surface area contributed by atoms with Crippen LogP contribution < -0.4 is 16.4 Å². The number of nitrogens with one attached hydrogen (secondary N) is 2. The molecule has 1 aliphatic heterocycles. The van der Waals surface area contributed by atoms with Crippen molar-refractivity contribution in [2.45, 2.75) is 32.4 Å². The number of aromatic nitrogens is 2. The van der Waals surface area contributed by atoms with Gasteiger partial charge in [0.2, 0.25) is 0 Å². The van der Waals surface area contributed by atoms with E-state index in [0.29, 0.717) is 29.7 Å². The van der Waals surface area contributed by atoms with Crippen LogP contribution in [-0.4, -0.2) is 40.0 Å². The predicted molar refractivity (Wildman–Crippen MR) is 117 cm³/mol. The molecule has 1 unspecified atom stereocenters. The number of benzene rings is 2. The zero-order chi connectivity index (χ0) is 21.1. The summed E-state index contributed by atoms with van der Waals surface area (Å²) in [5.74, 6) is -0.202. The molecule has 1 amide bonds. The van der Waals surface area contributed by atoms with Crippen LogP contribution in [0.3, 0.4) is 0 Å². The summed E-state index contributed by atoms with van der Waals surface area (Å²) in [5, 5.41) is 3.05. The monoisotopic (exact) mass is 406 g/mol. The fraction of sp³-hybridized carbons (Fsp3) is 0.348. The Balaban J connectivity index is 1.57. The minimum Gasteiger partial charge on any atom is -0.350 e. The van der Waals surface area contributed by atoms with Gasteiger partial charge < -0.3 is 14.9 Å². The Morgan fingerprint density at radius 1 is 1.10 bits per heavy atom. The molecule has 7 nitrogen and oxygen atoms in total. The first kappa shape index (κ1) is 20.1. The van der Waals surface area contributed by atoms with Gasteiger partial charge in [0.05, 0.1) is 17.1 Å². The first-order valence-electron chi connectivity index (χ1n) is 10.4. The number of H-pyrrole nitrogens is 1. The third kappa shape index (κ3) is 3.93. The molecule has 1 saturated heterocycles. The highest BCUT2D eigenvalue weighted by molar-refractivity contribution is 5.97.